The summed E-state index contributed by atoms with van der Waals surface area (Å²) in [5, 5.41) is 5.76. The lowest BCUT2D eigenvalue weighted by Crippen LogP contribution is -2.73. The van der Waals surface area contributed by atoms with E-state index >= 15 is 0 Å². The molecule has 4 aliphatic heterocycles. The second-order valence-electron chi connectivity index (χ2n) is 11.9. The molecule has 7 aliphatic rings. The predicted octanol–water partition coefficient (Wildman–Crippen LogP) is 3.18. The van der Waals surface area contributed by atoms with Gasteiger partial charge in [-0.2, -0.15) is 0 Å². The van der Waals surface area contributed by atoms with E-state index in [2.05, 4.69) is 10.6 Å². The standard InChI is InChI=1S/C19H20N2O4.C10H19NO/c22-16-12-8-19(9-12,18(24)20-16)21-10-11-7-14(5-6-15(11)17(21)23)25-13-3-1-2-4-13;1-12-10-4-2-8(3-5-10)9-6-11-7-9/h5-7,12-13H,1-4,8-10H2,(H,20,22,24);8-11H,2-7H2,1H3. The highest BCUT2D eigenvalue weighted by molar-refractivity contribution is 6.10. The van der Waals surface area contributed by atoms with Gasteiger partial charge in [-0.3, -0.25) is 19.7 Å². The number of fused-ring (bicyclic) bond motifs is 3. The maximum absolute atomic E-state index is 12.8. The zero-order valence-corrected chi connectivity index (χ0v) is 21.8. The predicted molar refractivity (Wildman–Crippen MR) is 137 cm³/mol. The monoisotopic (exact) mass is 509 g/mol. The minimum atomic E-state index is -0.846. The van der Waals surface area contributed by atoms with E-state index in [9.17, 15) is 14.4 Å². The highest BCUT2D eigenvalue weighted by Crippen LogP contribution is 2.49. The molecule has 1 aromatic carbocycles. The summed E-state index contributed by atoms with van der Waals surface area (Å²) in [4.78, 5) is 38.5. The van der Waals surface area contributed by atoms with Gasteiger partial charge in [-0.25, -0.2) is 0 Å². The van der Waals surface area contributed by atoms with Crippen LogP contribution < -0.4 is 15.4 Å². The normalized spacial score (nSPS) is 33.2. The van der Waals surface area contributed by atoms with Gasteiger partial charge in [0.05, 0.1) is 12.2 Å². The molecule has 2 bridgehead atoms. The number of methoxy groups -OCH3 is 1. The third kappa shape index (κ3) is 4.56. The number of ether oxygens (including phenoxy) is 2. The summed E-state index contributed by atoms with van der Waals surface area (Å²) < 4.78 is 11.4. The van der Waals surface area contributed by atoms with Crippen molar-refractivity contribution in [2.24, 2.45) is 17.8 Å². The highest BCUT2D eigenvalue weighted by Gasteiger charge is 2.62. The number of amides is 3. The molecular weight excluding hydrogens is 470 g/mol. The molecule has 3 amide bonds. The van der Waals surface area contributed by atoms with Crippen molar-refractivity contribution in [1.29, 1.82) is 0 Å². The molecule has 1 aromatic rings. The second-order valence-corrected chi connectivity index (χ2v) is 11.9. The van der Waals surface area contributed by atoms with Gasteiger partial charge in [-0.1, -0.05) is 0 Å². The van der Waals surface area contributed by atoms with Crippen LogP contribution in [0.1, 0.15) is 80.1 Å². The minimum Gasteiger partial charge on any atom is -0.490 e. The Bertz CT molecular complexity index is 1050. The van der Waals surface area contributed by atoms with Gasteiger partial charge in [0.25, 0.3) is 11.8 Å². The Morgan fingerprint density at radius 3 is 2.27 bits per heavy atom. The van der Waals surface area contributed by atoms with E-state index in [1.54, 1.807) is 11.0 Å². The molecule has 0 unspecified atom stereocenters. The van der Waals surface area contributed by atoms with Crippen LogP contribution in [0.3, 0.4) is 0 Å². The summed E-state index contributed by atoms with van der Waals surface area (Å²) in [6.07, 6.45) is 11.7. The van der Waals surface area contributed by atoms with Crippen molar-refractivity contribution >= 4 is 17.7 Å². The lowest BCUT2D eigenvalue weighted by Gasteiger charge is -2.53. The first kappa shape index (κ1) is 24.9. The van der Waals surface area contributed by atoms with E-state index in [1.807, 2.05) is 19.2 Å². The van der Waals surface area contributed by atoms with Crippen molar-refractivity contribution in [1.82, 2.24) is 15.5 Å². The van der Waals surface area contributed by atoms with E-state index in [1.165, 1.54) is 51.6 Å². The first-order chi connectivity index (χ1) is 18.0. The molecule has 6 fully saturated rings. The van der Waals surface area contributed by atoms with Crippen molar-refractivity contribution in [2.45, 2.75) is 88.5 Å². The van der Waals surface area contributed by atoms with Crippen LogP contribution in [0.2, 0.25) is 0 Å². The van der Waals surface area contributed by atoms with E-state index in [0.29, 0.717) is 31.1 Å². The van der Waals surface area contributed by atoms with E-state index in [4.69, 9.17) is 9.47 Å². The summed E-state index contributed by atoms with van der Waals surface area (Å²) in [5.41, 5.74) is 0.700. The van der Waals surface area contributed by atoms with Gasteiger partial charge in [0.2, 0.25) is 5.91 Å². The van der Waals surface area contributed by atoms with Gasteiger partial charge in [-0.15, -0.1) is 0 Å². The highest BCUT2D eigenvalue weighted by atomic mass is 16.5. The molecule has 37 heavy (non-hydrogen) atoms. The van der Waals surface area contributed by atoms with E-state index < -0.39 is 5.54 Å². The number of carbonyl (C=O) groups is 3. The summed E-state index contributed by atoms with van der Waals surface area (Å²) in [6, 6.07) is 5.59. The molecule has 8 nitrogen and oxygen atoms in total. The Labute approximate surface area is 218 Å². The molecular formula is C29H39N3O5. The number of nitrogens with zero attached hydrogens (tertiary/aromatic N) is 1. The largest absolute Gasteiger partial charge is 0.490 e. The van der Waals surface area contributed by atoms with Crippen molar-refractivity contribution < 1.29 is 23.9 Å². The van der Waals surface area contributed by atoms with Crippen LogP contribution in [0.25, 0.3) is 0 Å². The smallest absolute Gasteiger partial charge is 0.255 e. The first-order valence-electron chi connectivity index (χ1n) is 14.2. The lowest BCUT2D eigenvalue weighted by molar-refractivity contribution is -0.160. The second kappa shape index (κ2) is 10.0. The van der Waals surface area contributed by atoms with Crippen molar-refractivity contribution in [3.05, 3.63) is 29.3 Å². The molecule has 0 radical (unpaired) electrons. The van der Waals surface area contributed by atoms with E-state index in [0.717, 1.165) is 36.0 Å². The molecule has 2 N–H and O–H groups in total. The van der Waals surface area contributed by atoms with Gasteiger partial charge in [0.1, 0.15) is 11.3 Å². The van der Waals surface area contributed by atoms with Gasteiger partial charge in [0.15, 0.2) is 0 Å². The molecule has 0 aromatic heterocycles. The number of rotatable bonds is 5. The van der Waals surface area contributed by atoms with Gasteiger partial charge < -0.3 is 19.7 Å². The Kier molecular flexibility index (Phi) is 6.74. The fourth-order valence-electron chi connectivity index (χ4n) is 7.15. The third-order valence-electron chi connectivity index (χ3n) is 9.73. The molecule has 3 saturated heterocycles. The number of hydrogen-bond donors (Lipinski definition) is 2. The van der Waals surface area contributed by atoms with Gasteiger partial charge in [0, 0.05) is 25.1 Å². The zero-order valence-electron chi connectivity index (χ0n) is 21.8. The molecule has 3 aliphatic carbocycles. The number of nitrogens with one attached hydrogen (secondary N) is 2. The molecule has 200 valence electrons. The number of carbonyl (C=O) groups excluding carboxylic acids is 3. The van der Waals surface area contributed by atoms with Crippen molar-refractivity contribution in [3.63, 3.8) is 0 Å². The Hall–Kier alpha value is -2.45. The maximum Gasteiger partial charge on any atom is 0.255 e. The molecule has 0 atom stereocenters. The fourth-order valence-corrected chi connectivity index (χ4v) is 7.15. The average Bonchev–Trinajstić information content (AvgIpc) is 3.46. The number of benzene rings is 1. The van der Waals surface area contributed by atoms with Crippen LogP contribution in [0.4, 0.5) is 0 Å². The van der Waals surface area contributed by atoms with Crippen LogP contribution in [0.15, 0.2) is 18.2 Å². The summed E-state index contributed by atoms with van der Waals surface area (Å²) in [6.45, 7) is 2.94. The zero-order chi connectivity index (χ0) is 25.6. The van der Waals surface area contributed by atoms with Crippen molar-refractivity contribution in [3.8, 4) is 5.75 Å². The van der Waals surface area contributed by atoms with Crippen LogP contribution in [-0.2, 0) is 20.9 Å². The Balaban J connectivity index is 0.000000176. The van der Waals surface area contributed by atoms with E-state index in [-0.39, 0.29) is 29.7 Å². The number of hydrogen-bond acceptors (Lipinski definition) is 6. The summed E-state index contributed by atoms with van der Waals surface area (Å²) >= 11 is 0. The van der Waals surface area contributed by atoms with Crippen LogP contribution in [0.5, 0.6) is 5.75 Å². The van der Waals surface area contributed by atoms with Crippen molar-refractivity contribution in [2.75, 3.05) is 20.2 Å². The average molecular weight is 510 g/mol. The minimum absolute atomic E-state index is 0.120. The molecule has 0 spiro atoms. The molecule has 8 rings (SSSR count). The maximum atomic E-state index is 12.8. The van der Waals surface area contributed by atoms with Gasteiger partial charge in [-0.05, 0) is 113 Å². The quantitative estimate of drug-likeness (QED) is 0.592. The number of piperidine rings is 2. The van der Waals surface area contributed by atoms with Crippen LogP contribution in [0, 0.1) is 17.8 Å². The Morgan fingerprint density at radius 2 is 1.65 bits per heavy atom. The van der Waals surface area contributed by atoms with Crippen LogP contribution >= 0.6 is 0 Å². The molecule has 4 heterocycles. The molecule has 3 saturated carbocycles. The lowest BCUT2D eigenvalue weighted by atomic mass is 9.63. The summed E-state index contributed by atoms with van der Waals surface area (Å²) in [5.74, 6) is 1.99. The number of imide groups is 1. The van der Waals surface area contributed by atoms with Gasteiger partial charge >= 0.3 is 0 Å². The first-order valence-corrected chi connectivity index (χ1v) is 14.2. The topological polar surface area (TPSA) is 97.0 Å². The van der Waals surface area contributed by atoms with Crippen LogP contribution in [-0.4, -0.2) is 60.6 Å². The fraction of sp³-hybridized carbons (Fsp3) is 0.690. The Morgan fingerprint density at radius 1 is 0.919 bits per heavy atom. The molecule has 8 heteroatoms. The SMILES string of the molecule is COC1CCC(C2CNC2)CC1.O=C1NC(=O)C2(N3Cc4cc(OC5CCCC5)ccc4C3=O)CC1C2. The third-order valence-corrected chi connectivity index (χ3v) is 9.73. The summed E-state index contributed by atoms with van der Waals surface area (Å²) in [7, 11) is 1.84.